The Balaban J connectivity index is 1.95. The predicted octanol–water partition coefficient (Wildman–Crippen LogP) is 2.38. The number of hydrogen-bond donors (Lipinski definition) is 2. The fourth-order valence-electron chi connectivity index (χ4n) is 3.14. The molecule has 4 aromatic rings. The third-order valence-corrected chi connectivity index (χ3v) is 4.54. The Bertz CT molecular complexity index is 1160. The Kier molecular flexibility index (Phi) is 4.12. The number of primary amides is 1. The lowest BCUT2D eigenvalue weighted by molar-refractivity contribution is 0.100. The molecule has 4 rings (SSSR count). The number of amides is 1. The zero-order valence-electron chi connectivity index (χ0n) is 15.0. The van der Waals surface area contributed by atoms with E-state index in [1.54, 1.807) is 24.3 Å². The van der Waals surface area contributed by atoms with Crippen molar-refractivity contribution in [2.24, 2.45) is 5.73 Å². The maximum absolute atomic E-state index is 13.8. The lowest BCUT2D eigenvalue weighted by atomic mass is 10.1. The van der Waals surface area contributed by atoms with Crippen LogP contribution in [-0.4, -0.2) is 51.2 Å². The van der Waals surface area contributed by atoms with Gasteiger partial charge in [0.25, 0.3) is 0 Å². The van der Waals surface area contributed by atoms with Gasteiger partial charge in [0, 0.05) is 24.0 Å². The minimum absolute atomic E-state index is 0.317. The number of carbonyl (C=O) groups excluding carboxylic acids is 1. The van der Waals surface area contributed by atoms with Gasteiger partial charge in [-0.05, 0) is 50.5 Å². The van der Waals surface area contributed by atoms with E-state index in [0.717, 1.165) is 17.4 Å². The van der Waals surface area contributed by atoms with E-state index in [4.69, 9.17) is 5.73 Å². The molecule has 0 atom stereocenters. The van der Waals surface area contributed by atoms with Crippen LogP contribution < -0.4 is 5.73 Å². The number of H-pyrrole nitrogens is 1. The van der Waals surface area contributed by atoms with Crippen LogP contribution in [0.3, 0.4) is 0 Å². The number of aromatic amines is 1. The summed E-state index contributed by atoms with van der Waals surface area (Å²) < 4.78 is 15.8. The van der Waals surface area contributed by atoms with E-state index < -0.39 is 5.91 Å². The Labute approximate surface area is 154 Å². The maximum atomic E-state index is 13.8. The highest BCUT2D eigenvalue weighted by atomic mass is 19.1. The average molecular weight is 366 g/mol. The number of fused-ring (bicyclic) bond motifs is 2. The van der Waals surface area contributed by atoms with Crippen LogP contribution in [0.1, 0.15) is 10.4 Å². The van der Waals surface area contributed by atoms with Crippen LogP contribution >= 0.6 is 0 Å². The van der Waals surface area contributed by atoms with Crippen LogP contribution in [-0.2, 0) is 6.54 Å². The fraction of sp³-hybridized carbons (Fsp3) is 0.211. The van der Waals surface area contributed by atoms with Gasteiger partial charge in [-0.1, -0.05) is 0 Å². The van der Waals surface area contributed by atoms with E-state index in [-0.39, 0.29) is 5.82 Å². The SMILES string of the molecule is CN(C)CCn1c(-c2n[nH]c3ccc(C(N)=O)cc23)nc2ccc(F)cc21. The van der Waals surface area contributed by atoms with Gasteiger partial charge in [0.1, 0.15) is 11.5 Å². The normalized spacial score (nSPS) is 11.7. The molecule has 7 nitrogen and oxygen atoms in total. The van der Waals surface area contributed by atoms with Crippen molar-refractivity contribution >= 4 is 27.8 Å². The van der Waals surface area contributed by atoms with Gasteiger partial charge < -0.3 is 15.2 Å². The summed E-state index contributed by atoms with van der Waals surface area (Å²) in [5.74, 6) is -0.208. The van der Waals surface area contributed by atoms with Crippen LogP contribution in [0.4, 0.5) is 4.39 Å². The summed E-state index contributed by atoms with van der Waals surface area (Å²) in [7, 11) is 3.95. The van der Waals surface area contributed by atoms with Crippen molar-refractivity contribution in [1.29, 1.82) is 0 Å². The quantitative estimate of drug-likeness (QED) is 0.567. The average Bonchev–Trinajstić information content (AvgIpc) is 3.19. The monoisotopic (exact) mass is 366 g/mol. The van der Waals surface area contributed by atoms with E-state index in [0.29, 0.717) is 34.7 Å². The molecule has 0 saturated carbocycles. The molecule has 0 bridgehead atoms. The first kappa shape index (κ1) is 17.2. The molecule has 138 valence electrons. The predicted molar refractivity (Wildman–Crippen MR) is 102 cm³/mol. The molecule has 0 aliphatic rings. The first-order chi connectivity index (χ1) is 12.9. The first-order valence-electron chi connectivity index (χ1n) is 8.53. The molecule has 1 amide bonds. The Morgan fingerprint density at radius 2 is 2.07 bits per heavy atom. The standard InChI is InChI=1S/C19H19FN6O/c1-25(2)7-8-26-16-10-12(20)4-6-15(16)22-19(26)17-13-9-11(18(21)27)3-5-14(13)23-24-17/h3-6,9-10H,7-8H2,1-2H3,(H2,21,27)(H,23,24). The minimum Gasteiger partial charge on any atom is -0.366 e. The molecular weight excluding hydrogens is 347 g/mol. The van der Waals surface area contributed by atoms with Gasteiger partial charge in [0.05, 0.1) is 16.6 Å². The number of halogens is 1. The van der Waals surface area contributed by atoms with Crippen molar-refractivity contribution in [3.05, 3.63) is 47.8 Å². The van der Waals surface area contributed by atoms with Crippen molar-refractivity contribution in [1.82, 2.24) is 24.6 Å². The number of nitrogens with two attached hydrogens (primary N) is 1. The maximum Gasteiger partial charge on any atom is 0.248 e. The molecule has 0 saturated heterocycles. The Morgan fingerprint density at radius 3 is 2.81 bits per heavy atom. The second-order valence-corrected chi connectivity index (χ2v) is 6.72. The summed E-state index contributed by atoms with van der Waals surface area (Å²) in [6.07, 6.45) is 0. The topological polar surface area (TPSA) is 92.8 Å². The zero-order valence-corrected chi connectivity index (χ0v) is 15.0. The van der Waals surface area contributed by atoms with Crippen molar-refractivity contribution in [2.45, 2.75) is 6.54 Å². The zero-order chi connectivity index (χ0) is 19.1. The minimum atomic E-state index is -0.507. The van der Waals surface area contributed by atoms with E-state index >= 15 is 0 Å². The van der Waals surface area contributed by atoms with Crippen molar-refractivity contribution in [3.8, 4) is 11.5 Å². The number of imidazole rings is 1. The number of carbonyl (C=O) groups is 1. The Morgan fingerprint density at radius 1 is 1.26 bits per heavy atom. The van der Waals surface area contributed by atoms with E-state index in [1.807, 2.05) is 23.6 Å². The van der Waals surface area contributed by atoms with Gasteiger partial charge in [-0.15, -0.1) is 0 Å². The van der Waals surface area contributed by atoms with E-state index in [2.05, 4.69) is 15.2 Å². The number of benzene rings is 2. The summed E-state index contributed by atoms with van der Waals surface area (Å²) in [5, 5.41) is 8.11. The van der Waals surface area contributed by atoms with E-state index in [1.165, 1.54) is 12.1 Å². The van der Waals surface area contributed by atoms with E-state index in [9.17, 15) is 9.18 Å². The number of aromatic nitrogens is 4. The van der Waals surface area contributed by atoms with Crippen LogP contribution in [0.2, 0.25) is 0 Å². The van der Waals surface area contributed by atoms with Crippen LogP contribution in [0.5, 0.6) is 0 Å². The Hall–Kier alpha value is -3.26. The molecule has 3 N–H and O–H groups in total. The summed E-state index contributed by atoms with van der Waals surface area (Å²) in [6.45, 7) is 1.37. The molecule has 0 aliphatic heterocycles. The third-order valence-electron chi connectivity index (χ3n) is 4.54. The van der Waals surface area contributed by atoms with Crippen LogP contribution in [0, 0.1) is 5.82 Å². The van der Waals surface area contributed by atoms with Crippen molar-refractivity contribution in [2.75, 3.05) is 20.6 Å². The van der Waals surface area contributed by atoms with Gasteiger partial charge in [0.15, 0.2) is 5.82 Å². The van der Waals surface area contributed by atoms with Crippen LogP contribution in [0.25, 0.3) is 33.5 Å². The first-order valence-corrected chi connectivity index (χ1v) is 8.53. The second-order valence-electron chi connectivity index (χ2n) is 6.72. The fourth-order valence-corrected chi connectivity index (χ4v) is 3.14. The summed E-state index contributed by atoms with van der Waals surface area (Å²) >= 11 is 0. The largest absolute Gasteiger partial charge is 0.366 e. The number of nitrogens with zero attached hydrogens (tertiary/aromatic N) is 4. The van der Waals surface area contributed by atoms with Gasteiger partial charge >= 0.3 is 0 Å². The smallest absolute Gasteiger partial charge is 0.248 e. The van der Waals surface area contributed by atoms with Gasteiger partial charge in [-0.3, -0.25) is 9.89 Å². The lowest BCUT2D eigenvalue weighted by Crippen LogP contribution is -2.19. The summed E-state index contributed by atoms with van der Waals surface area (Å²) in [6, 6.07) is 9.64. The summed E-state index contributed by atoms with van der Waals surface area (Å²) in [4.78, 5) is 18.3. The highest BCUT2D eigenvalue weighted by Crippen LogP contribution is 2.30. The molecule has 2 heterocycles. The van der Waals surface area contributed by atoms with Crippen LogP contribution in [0.15, 0.2) is 36.4 Å². The molecule has 0 unspecified atom stereocenters. The molecule has 0 radical (unpaired) electrons. The number of rotatable bonds is 5. The molecular formula is C19H19FN6O. The molecule has 2 aromatic carbocycles. The molecule has 2 aromatic heterocycles. The van der Waals surface area contributed by atoms with Gasteiger partial charge in [0.2, 0.25) is 5.91 Å². The number of nitrogens with one attached hydrogen (secondary N) is 1. The second kappa shape index (κ2) is 6.48. The third kappa shape index (κ3) is 3.04. The number of hydrogen-bond acceptors (Lipinski definition) is 4. The van der Waals surface area contributed by atoms with Gasteiger partial charge in [-0.25, -0.2) is 9.37 Å². The highest BCUT2D eigenvalue weighted by Gasteiger charge is 2.19. The molecule has 8 heteroatoms. The van der Waals surface area contributed by atoms with Gasteiger partial charge in [-0.2, -0.15) is 5.10 Å². The number of likely N-dealkylation sites (N-methyl/N-ethyl adjacent to an activating group) is 1. The van der Waals surface area contributed by atoms with Crippen molar-refractivity contribution < 1.29 is 9.18 Å². The highest BCUT2D eigenvalue weighted by molar-refractivity contribution is 6.00. The molecule has 0 spiro atoms. The van der Waals surface area contributed by atoms with Crippen molar-refractivity contribution in [3.63, 3.8) is 0 Å². The lowest BCUT2D eigenvalue weighted by Gasteiger charge is -2.13. The summed E-state index contributed by atoms with van der Waals surface area (Å²) in [5.41, 5.74) is 8.57. The molecule has 0 fully saturated rings. The molecule has 27 heavy (non-hydrogen) atoms. The molecule has 0 aliphatic carbocycles.